The maximum absolute atomic E-state index is 13.5. The predicted octanol–water partition coefficient (Wildman–Crippen LogP) is 1.68. The van der Waals surface area contributed by atoms with Gasteiger partial charge in [0.15, 0.2) is 0 Å². The van der Waals surface area contributed by atoms with E-state index in [0.717, 1.165) is 5.56 Å². The van der Waals surface area contributed by atoms with Gasteiger partial charge < -0.3 is 10.6 Å². The maximum atomic E-state index is 13.5. The van der Waals surface area contributed by atoms with Gasteiger partial charge in [-0.25, -0.2) is 4.39 Å². The maximum Gasteiger partial charge on any atom is 0.242 e. The largest absolute Gasteiger partial charge is 0.371 e. The molecule has 0 heterocycles. The fourth-order valence-electron chi connectivity index (χ4n) is 1.39. The van der Waals surface area contributed by atoms with Crippen LogP contribution in [-0.2, 0) is 4.79 Å². The summed E-state index contributed by atoms with van der Waals surface area (Å²) in [4.78, 5) is 11.5. The van der Waals surface area contributed by atoms with Crippen molar-refractivity contribution in [2.45, 2.75) is 19.9 Å². The van der Waals surface area contributed by atoms with E-state index in [0.29, 0.717) is 5.69 Å². The zero-order chi connectivity index (χ0) is 12.8. The van der Waals surface area contributed by atoms with Crippen LogP contribution in [0.2, 0.25) is 0 Å². The van der Waals surface area contributed by atoms with Crippen LogP contribution in [0.15, 0.2) is 18.2 Å². The zero-order valence-electron chi connectivity index (χ0n) is 9.88. The Morgan fingerprint density at radius 2 is 2.29 bits per heavy atom. The standard InChI is InChI=1S/C13H15FN2O/c1-4-8-15-13(17)10(3)16-12-9(2)6-5-7-11(12)14/h1,5-7,10,16H,8H2,2-3H3,(H,15,17). The second-order valence-electron chi connectivity index (χ2n) is 3.72. The molecule has 4 heteroatoms. The number of hydrogen-bond donors (Lipinski definition) is 2. The highest BCUT2D eigenvalue weighted by molar-refractivity contribution is 5.84. The highest BCUT2D eigenvalue weighted by atomic mass is 19.1. The van der Waals surface area contributed by atoms with Crippen LogP contribution in [0.5, 0.6) is 0 Å². The summed E-state index contributed by atoms with van der Waals surface area (Å²) in [6.07, 6.45) is 5.03. The van der Waals surface area contributed by atoms with E-state index in [1.54, 1.807) is 26.0 Å². The molecule has 1 unspecified atom stereocenters. The van der Waals surface area contributed by atoms with Crippen LogP contribution in [0.3, 0.4) is 0 Å². The molecule has 1 aromatic rings. The summed E-state index contributed by atoms with van der Waals surface area (Å²) in [7, 11) is 0. The van der Waals surface area contributed by atoms with Crippen molar-refractivity contribution in [3.8, 4) is 12.3 Å². The summed E-state index contributed by atoms with van der Waals surface area (Å²) >= 11 is 0. The third-order valence-corrected chi connectivity index (χ3v) is 2.34. The summed E-state index contributed by atoms with van der Waals surface area (Å²) < 4.78 is 13.5. The summed E-state index contributed by atoms with van der Waals surface area (Å²) in [5.74, 6) is 1.67. The van der Waals surface area contributed by atoms with Gasteiger partial charge in [0.2, 0.25) is 5.91 Å². The number of hydrogen-bond acceptors (Lipinski definition) is 2. The van der Waals surface area contributed by atoms with Gasteiger partial charge in [0.1, 0.15) is 11.9 Å². The minimum absolute atomic E-state index is 0.168. The van der Waals surface area contributed by atoms with Crippen LogP contribution < -0.4 is 10.6 Å². The quantitative estimate of drug-likeness (QED) is 0.778. The number of terminal acetylenes is 1. The molecule has 0 radical (unpaired) electrons. The van der Waals surface area contributed by atoms with Crippen molar-refractivity contribution < 1.29 is 9.18 Å². The molecule has 3 nitrogen and oxygen atoms in total. The molecule has 0 aliphatic carbocycles. The van der Waals surface area contributed by atoms with Crippen molar-refractivity contribution in [1.82, 2.24) is 5.32 Å². The van der Waals surface area contributed by atoms with E-state index in [1.807, 2.05) is 0 Å². The van der Waals surface area contributed by atoms with Crippen molar-refractivity contribution in [2.75, 3.05) is 11.9 Å². The van der Waals surface area contributed by atoms with E-state index in [4.69, 9.17) is 6.42 Å². The van der Waals surface area contributed by atoms with E-state index in [-0.39, 0.29) is 18.3 Å². The second kappa shape index (κ2) is 5.90. The molecule has 90 valence electrons. The molecular formula is C13H15FN2O. The fourth-order valence-corrected chi connectivity index (χ4v) is 1.39. The molecule has 0 aliphatic heterocycles. The Hall–Kier alpha value is -2.02. The van der Waals surface area contributed by atoms with E-state index < -0.39 is 6.04 Å². The third kappa shape index (κ3) is 3.49. The van der Waals surface area contributed by atoms with Crippen LogP contribution in [0.4, 0.5) is 10.1 Å². The third-order valence-electron chi connectivity index (χ3n) is 2.34. The number of para-hydroxylation sites is 1. The first kappa shape index (κ1) is 13.0. The number of carbonyl (C=O) groups excluding carboxylic acids is 1. The molecule has 0 spiro atoms. The van der Waals surface area contributed by atoms with Gasteiger partial charge in [-0.2, -0.15) is 0 Å². The summed E-state index contributed by atoms with van der Waals surface area (Å²) in [6, 6.07) is 4.21. The lowest BCUT2D eigenvalue weighted by molar-refractivity contribution is -0.121. The van der Waals surface area contributed by atoms with Crippen LogP contribution in [-0.4, -0.2) is 18.5 Å². The molecule has 17 heavy (non-hydrogen) atoms. The molecule has 0 fully saturated rings. The van der Waals surface area contributed by atoms with E-state index in [2.05, 4.69) is 16.6 Å². The number of benzene rings is 1. The van der Waals surface area contributed by atoms with Crippen molar-refractivity contribution in [2.24, 2.45) is 0 Å². The van der Waals surface area contributed by atoms with Gasteiger partial charge in [-0.05, 0) is 25.5 Å². The summed E-state index contributed by atoms with van der Waals surface area (Å²) in [6.45, 7) is 3.59. The van der Waals surface area contributed by atoms with E-state index in [1.165, 1.54) is 6.07 Å². The first-order valence-electron chi connectivity index (χ1n) is 5.29. The molecule has 1 aromatic carbocycles. The first-order valence-corrected chi connectivity index (χ1v) is 5.29. The lowest BCUT2D eigenvalue weighted by atomic mass is 10.1. The van der Waals surface area contributed by atoms with Gasteiger partial charge in [0, 0.05) is 0 Å². The lowest BCUT2D eigenvalue weighted by Gasteiger charge is -2.16. The van der Waals surface area contributed by atoms with E-state index >= 15 is 0 Å². The molecule has 0 bridgehead atoms. The molecule has 0 saturated carbocycles. The zero-order valence-corrected chi connectivity index (χ0v) is 9.88. The van der Waals surface area contributed by atoms with Gasteiger partial charge in [-0.3, -0.25) is 4.79 Å². The summed E-state index contributed by atoms with van der Waals surface area (Å²) in [5, 5.41) is 5.36. The number of amides is 1. The van der Waals surface area contributed by atoms with Crippen molar-refractivity contribution in [1.29, 1.82) is 0 Å². The number of nitrogens with one attached hydrogen (secondary N) is 2. The average Bonchev–Trinajstić information content (AvgIpc) is 2.30. The number of halogens is 1. The minimum atomic E-state index is -0.543. The lowest BCUT2D eigenvalue weighted by Crippen LogP contribution is -2.38. The van der Waals surface area contributed by atoms with Gasteiger partial charge in [0.05, 0.1) is 12.2 Å². The highest BCUT2D eigenvalue weighted by Gasteiger charge is 2.14. The normalized spacial score (nSPS) is 11.4. The molecule has 1 atom stereocenters. The van der Waals surface area contributed by atoms with Crippen molar-refractivity contribution >= 4 is 11.6 Å². The number of rotatable bonds is 4. The topological polar surface area (TPSA) is 41.1 Å². The Morgan fingerprint density at radius 3 is 2.88 bits per heavy atom. The molecule has 1 amide bonds. The monoisotopic (exact) mass is 234 g/mol. The summed E-state index contributed by atoms with van der Waals surface area (Å²) in [5.41, 5.74) is 1.09. The number of aryl methyl sites for hydroxylation is 1. The van der Waals surface area contributed by atoms with Gasteiger partial charge in [-0.15, -0.1) is 6.42 Å². The molecule has 0 aliphatic rings. The molecule has 0 aromatic heterocycles. The van der Waals surface area contributed by atoms with E-state index in [9.17, 15) is 9.18 Å². The average molecular weight is 234 g/mol. The Labute approximate surface area is 100 Å². The molecule has 0 saturated heterocycles. The van der Waals surface area contributed by atoms with Crippen LogP contribution in [0, 0.1) is 25.1 Å². The smallest absolute Gasteiger partial charge is 0.242 e. The van der Waals surface area contributed by atoms with Crippen molar-refractivity contribution in [3.05, 3.63) is 29.6 Å². The van der Waals surface area contributed by atoms with Gasteiger partial charge in [-0.1, -0.05) is 18.1 Å². The Kier molecular flexibility index (Phi) is 4.53. The predicted molar refractivity (Wildman–Crippen MR) is 66.1 cm³/mol. The minimum Gasteiger partial charge on any atom is -0.371 e. The van der Waals surface area contributed by atoms with Gasteiger partial charge in [0.25, 0.3) is 0 Å². The Balaban J connectivity index is 2.71. The van der Waals surface area contributed by atoms with Crippen LogP contribution in [0.25, 0.3) is 0 Å². The van der Waals surface area contributed by atoms with Crippen LogP contribution >= 0.6 is 0 Å². The number of carbonyl (C=O) groups is 1. The van der Waals surface area contributed by atoms with Crippen molar-refractivity contribution in [3.63, 3.8) is 0 Å². The SMILES string of the molecule is C#CCNC(=O)C(C)Nc1c(C)cccc1F. The molecule has 1 rings (SSSR count). The Bertz CT molecular complexity index is 431. The number of anilines is 1. The second-order valence-corrected chi connectivity index (χ2v) is 3.72. The Morgan fingerprint density at radius 1 is 1.59 bits per heavy atom. The molecule has 2 N–H and O–H groups in total. The van der Waals surface area contributed by atoms with Crippen LogP contribution in [0.1, 0.15) is 12.5 Å². The molecular weight excluding hydrogens is 219 g/mol. The highest BCUT2D eigenvalue weighted by Crippen LogP contribution is 2.19. The van der Waals surface area contributed by atoms with Gasteiger partial charge >= 0.3 is 0 Å². The first-order chi connectivity index (χ1) is 8.06. The fraction of sp³-hybridized carbons (Fsp3) is 0.308.